The number of carbonyl (C=O) groups is 2. The number of ether oxygens (including phenoxy) is 2. The van der Waals surface area contributed by atoms with Gasteiger partial charge in [0.25, 0.3) is 0 Å². The summed E-state index contributed by atoms with van der Waals surface area (Å²) in [5.74, 6) is -1.15. The highest BCUT2D eigenvalue weighted by Crippen LogP contribution is 2.30. The first-order valence-corrected chi connectivity index (χ1v) is 6.74. The van der Waals surface area contributed by atoms with E-state index in [2.05, 4.69) is 10.1 Å². The maximum Gasteiger partial charge on any atom is 0.407 e. The van der Waals surface area contributed by atoms with Gasteiger partial charge in [-0.3, -0.25) is 0 Å². The topological polar surface area (TPSA) is 84.9 Å². The Bertz CT molecular complexity index is 308. The number of carbonyl (C=O) groups excluding carboxylic acids is 1. The molecule has 4 atom stereocenters. The van der Waals surface area contributed by atoms with E-state index in [1.54, 1.807) is 0 Å². The van der Waals surface area contributed by atoms with E-state index in [0.717, 1.165) is 12.8 Å². The van der Waals surface area contributed by atoms with Gasteiger partial charge in [0.15, 0.2) is 0 Å². The number of amides is 1. The summed E-state index contributed by atoms with van der Waals surface area (Å²) in [6.07, 6.45) is 2.40. The quantitative estimate of drug-likeness (QED) is 0.797. The van der Waals surface area contributed by atoms with Gasteiger partial charge < -0.3 is 19.9 Å². The Morgan fingerprint density at radius 3 is 2.21 bits per heavy atom. The van der Waals surface area contributed by atoms with Crippen molar-refractivity contribution in [2.24, 2.45) is 5.92 Å². The Morgan fingerprint density at radius 1 is 1.32 bits per heavy atom. The third-order valence-electron chi connectivity index (χ3n) is 3.62. The van der Waals surface area contributed by atoms with Crippen molar-refractivity contribution >= 4 is 12.1 Å². The van der Waals surface area contributed by atoms with Gasteiger partial charge in [-0.15, -0.1) is 0 Å². The van der Waals surface area contributed by atoms with E-state index in [9.17, 15) is 14.7 Å². The van der Waals surface area contributed by atoms with Crippen molar-refractivity contribution in [3.8, 4) is 0 Å². The molecule has 1 fully saturated rings. The highest BCUT2D eigenvalue weighted by Gasteiger charge is 2.37. The average molecular weight is 273 g/mol. The third-order valence-corrected chi connectivity index (χ3v) is 3.62. The van der Waals surface area contributed by atoms with Gasteiger partial charge in [0.2, 0.25) is 0 Å². The lowest BCUT2D eigenvalue weighted by Crippen LogP contribution is -2.50. The summed E-state index contributed by atoms with van der Waals surface area (Å²) < 4.78 is 10.3. The number of alkyl carbamates (subject to hydrolysis) is 1. The van der Waals surface area contributed by atoms with Gasteiger partial charge in [0.05, 0.1) is 19.3 Å². The van der Waals surface area contributed by atoms with Crippen molar-refractivity contribution in [2.75, 3.05) is 7.11 Å². The molecule has 1 rings (SSSR count). The van der Waals surface area contributed by atoms with Crippen molar-refractivity contribution in [1.82, 2.24) is 5.32 Å². The van der Waals surface area contributed by atoms with Gasteiger partial charge in [0.1, 0.15) is 6.04 Å². The second-order valence-electron chi connectivity index (χ2n) is 4.88. The Labute approximate surface area is 113 Å². The Balaban J connectivity index is 2.76. The summed E-state index contributed by atoms with van der Waals surface area (Å²) in [6.45, 7) is 4.03. The van der Waals surface area contributed by atoms with Crippen LogP contribution >= 0.6 is 0 Å². The second-order valence-corrected chi connectivity index (χ2v) is 4.88. The molecule has 2 N–H and O–H groups in total. The molecule has 1 unspecified atom stereocenters. The Hall–Kier alpha value is -1.30. The van der Waals surface area contributed by atoms with E-state index >= 15 is 0 Å². The smallest absolute Gasteiger partial charge is 0.407 e. The SMILES string of the molecule is CC[C@@H]1CC([C@H](NC(=O)OC)C(=O)O)C[C@H](CC)O1. The summed E-state index contributed by atoms with van der Waals surface area (Å²) in [4.78, 5) is 22.6. The lowest BCUT2D eigenvalue weighted by atomic mass is 9.84. The number of aliphatic carboxylic acids is 1. The minimum absolute atomic E-state index is 0.0602. The van der Waals surface area contributed by atoms with Crippen molar-refractivity contribution in [3.05, 3.63) is 0 Å². The molecule has 1 saturated heterocycles. The van der Waals surface area contributed by atoms with Gasteiger partial charge in [-0.25, -0.2) is 9.59 Å². The molecule has 6 nitrogen and oxygen atoms in total. The first-order valence-electron chi connectivity index (χ1n) is 6.74. The van der Waals surface area contributed by atoms with Gasteiger partial charge in [-0.1, -0.05) is 13.8 Å². The fraction of sp³-hybridized carbons (Fsp3) is 0.846. The lowest BCUT2D eigenvalue weighted by Gasteiger charge is -2.37. The number of hydrogen-bond donors (Lipinski definition) is 2. The number of hydrogen-bond acceptors (Lipinski definition) is 4. The molecule has 1 aliphatic rings. The van der Waals surface area contributed by atoms with E-state index in [4.69, 9.17) is 4.74 Å². The van der Waals surface area contributed by atoms with Crippen LogP contribution in [-0.4, -0.2) is 42.5 Å². The molecule has 1 amide bonds. The molecule has 0 bridgehead atoms. The molecule has 6 heteroatoms. The van der Waals surface area contributed by atoms with Crippen LogP contribution in [0.1, 0.15) is 39.5 Å². The first-order chi connectivity index (χ1) is 9.01. The molecule has 0 saturated carbocycles. The predicted octanol–water partition coefficient (Wildman–Crippen LogP) is 1.78. The Morgan fingerprint density at radius 2 is 1.84 bits per heavy atom. The third kappa shape index (κ3) is 4.38. The largest absolute Gasteiger partial charge is 0.480 e. The summed E-state index contributed by atoms with van der Waals surface area (Å²) in [5, 5.41) is 11.7. The molecular weight excluding hydrogens is 250 g/mol. The van der Waals surface area contributed by atoms with Crippen LogP contribution in [0.15, 0.2) is 0 Å². The van der Waals surface area contributed by atoms with Crippen molar-refractivity contribution in [1.29, 1.82) is 0 Å². The number of rotatable bonds is 5. The summed E-state index contributed by atoms with van der Waals surface area (Å²) in [7, 11) is 1.22. The lowest BCUT2D eigenvalue weighted by molar-refractivity contribution is -0.144. The molecule has 0 radical (unpaired) electrons. The zero-order valence-electron chi connectivity index (χ0n) is 11.7. The minimum Gasteiger partial charge on any atom is -0.480 e. The first kappa shape index (κ1) is 15.8. The van der Waals surface area contributed by atoms with Crippen LogP contribution < -0.4 is 5.32 Å². The summed E-state index contributed by atoms with van der Waals surface area (Å²) in [5.41, 5.74) is 0. The van der Waals surface area contributed by atoms with Crippen LogP contribution in [0.25, 0.3) is 0 Å². The maximum absolute atomic E-state index is 11.3. The summed E-state index contributed by atoms with van der Waals surface area (Å²) >= 11 is 0. The molecule has 110 valence electrons. The van der Waals surface area contributed by atoms with E-state index in [1.807, 2.05) is 13.8 Å². The average Bonchev–Trinajstić information content (AvgIpc) is 2.43. The van der Waals surface area contributed by atoms with Crippen molar-refractivity contribution in [2.45, 2.75) is 57.8 Å². The number of nitrogens with one attached hydrogen (secondary N) is 1. The fourth-order valence-corrected chi connectivity index (χ4v) is 2.52. The van der Waals surface area contributed by atoms with E-state index in [0.29, 0.717) is 12.8 Å². The van der Waals surface area contributed by atoms with Crippen LogP contribution in [-0.2, 0) is 14.3 Å². The molecule has 0 aromatic carbocycles. The Kier molecular flexibility index (Phi) is 6.08. The standard InChI is InChI=1S/C13H23NO5/c1-4-9-6-8(7-10(5-2)19-9)11(12(15)16)14-13(17)18-3/h8-11H,4-7H2,1-3H3,(H,14,17)(H,15,16)/t8?,9-,10+,11-/m0/s1. The molecule has 0 aliphatic carbocycles. The molecule has 0 aromatic rings. The molecule has 19 heavy (non-hydrogen) atoms. The van der Waals surface area contributed by atoms with E-state index in [-0.39, 0.29) is 18.1 Å². The minimum atomic E-state index is -1.03. The normalized spacial score (nSPS) is 28.5. The van der Waals surface area contributed by atoms with Crippen molar-refractivity contribution < 1.29 is 24.2 Å². The number of carboxylic acid groups (broad SMARTS) is 1. The van der Waals surface area contributed by atoms with E-state index < -0.39 is 18.1 Å². The molecule has 1 aliphatic heterocycles. The van der Waals surface area contributed by atoms with Crippen molar-refractivity contribution in [3.63, 3.8) is 0 Å². The van der Waals surface area contributed by atoms with Gasteiger partial charge >= 0.3 is 12.1 Å². The van der Waals surface area contributed by atoms with Gasteiger partial charge in [0, 0.05) is 0 Å². The molecule has 0 aromatic heterocycles. The summed E-state index contributed by atoms with van der Waals surface area (Å²) in [6, 6.07) is -0.917. The second kappa shape index (κ2) is 7.33. The zero-order chi connectivity index (χ0) is 14.4. The highest BCUT2D eigenvalue weighted by atomic mass is 16.5. The monoisotopic (exact) mass is 273 g/mol. The molecule has 1 heterocycles. The predicted molar refractivity (Wildman–Crippen MR) is 68.9 cm³/mol. The molecule has 0 spiro atoms. The van der Waals surface area contributed by atoms with Crippen LogP contribution in [0.3, 0.4) is 0 Å². The van der Waals surface area contributed by atoms with Crippen LogP contribution in [0.4, 0.5) is 4.79 Å². The van der Waals surface area contributed by atoms with E-state index in [1.165, 1.54) is 7.11 Å². The number of carboxylic acids is 1. The van der Waals surface area contributed by atoms with Gasteiger partial charge in [-0.2, -0.15) is 0 Å². The number of methoxy groups -OCH3 is 1. The van der Waals surface area contributed by atoms with Crippen LogP contribution in [0, 0.1) is 5.92 Å². The highest BCUT2D eigenvalue weighted by molar-refractivity contribution is 5.80. The fourth-order valence-electron chi connectivity index (χ4n) is 2.52. The zero-order valence-corrected chi connectivity index (χ0v) is 11.7. The van der Waals surface area contributed by atoms with Crippen LogP contribution in [0.5, 0.6) is 0 Å². The van der Waals surface area contributed by atoms with Gasteiger partial charge in [-0.05, 0) is 31.6 Å². The van der Waals surface area contributed by atoms with Crippen LogP contribution in [0.2, 0.25) is 0 Å². The molecular formula is C13H23NO5. The maximum atomic E-state index is 11.3.